The quantitative estimate of drug-likeness (QED) is 0.793. The van der Waals surface area contributed by atoms with Crippen molar-refractivity contribution >= 4 is 21.9 Å². The third kappa shape index (κ3) is 3.01. The van der Waals surface area contributed by atoms with Crippen molar-refractivity contribution in [2.75, 3.05) is 7.11 Å². The minimum absolute atomic E-state index is 0.309. The summed E-state index contributed by atoms with van der Waals surface area (Å²) in [5.74, 6) is -0.309. The number of methoxy groups -OCH3 is 1. The predicted molar refractivity (Wildman–Crippen MR) is 84.9 cm³/mol. The van der Waals surface area contributed by atoms with E-state index in [1.807, 2.05) is 18.2 Å². The van der Waals surface area contributed by atoms with Crippen molar-refractivity contribution < 1.29 is 9.53 Å². The second-order valence-corrected chi connectivity index (χ2v) is 6.07. The molecule has 1 aliphatic heterocycles. The third-order valence-corrected chi connectivity index (χ3v) is 4.51. The van der Waals surface area contributed by atoms with Gasteiger partial charge in [0.05, 0.1) is 12.7 Å². The number of rotatable bonds is 3. The molecule has 0 unspecified atom stereocenters. The van der Waals surface area contributed by atoms with Crippen LogP contribution >= 0.6 is 15.9 Å². The average molecular weight is 346 g/mol. The fourth-order valence-electron chi connectivity index (χ4n) is 2.68. The summed E-state index contributed by atoms with van der Waals surface area (Å²) in [6, 6.07) is 14.2. The molecule has 1 heterocycles. The van der Waals surface area contributed by atoms with Crippen LogP contribution in [0.25, 0.3) is 0 Å². The van der Waals surface area contributed by atoms with E-state index < -0.39 is 0 Å². The molecule has 2 aromatic carbocycles. The monoisotopic (exact) mass is 345 g/mol. The van der Waals surface area contributed by atoms with E-state index in [2.05, 4.69) is 45.1 Å². The summed E-state index contributed by atoms with van der Waals surface area (Å²) in [4.78, 5) is 13.9. The van der Waals surface area contributed by atoms with Crippen LogP contribution in [0.15, 0.2) is 46.9 Å². The molecule has 3 rings (SSSR count). The van der Waals surface area contributed by atoms with Gasteiger partial charge in [-0.1, -0.05) is 46.3 Å². The fraction of sp³-hybridized carbons (Fsp3) is 0.235. The summed E-state index contributed by atoms with van der Waals surface area (Å²) in [5.41, 5.74) is 4.55. The lowest BCUT2D eigenvalue weighted by Gasteiger charge is -2.16. The predicted octanol–water partition coefficient (Wildman–Crippen LogP) is 3.75. The molecule has 1 aliphatic rings. The SMILES string of the molecule is COC(=O)c1ccc(CN2Cc3ccccc3C2)c(Br)c1. The zero-order valence-electron chi connectivity index (χ0n) is 11.8. The van der Waals surface area contributed by atoms with Gasteiger partial charge in [0.15, 0.2) is 0 Å². The van der Waals surface area contributed by atoms with Crippen LogP contribution in [0.4, 0.5) is 0 Å². The number of hydrogen-bond acceptors (Lipinski definition) is 3. The van der Waals surface area contributed by atoms with Gasteiger partial charge in [-0.3, -0.25) is 4.90 Å². The molecule has 4 heteroatoms. The molecule has 0 bridgehead atoms. The van der Waals surface area contributed by atoms with E-state index in [0.29, 0.717) is 5.56 Å². The Morgan fingerprint density at radius 1 is 1.19 bits per heavy atom. The number of ether oxygens (including phenoxy) is 1. The maximum Gasteiger partial charge on any atom is 0.337 e. The van der Waals surface area contributed by atoms with Crippen LogP contribution < -0.4 is 0 Å². The Bertz CT molecular complexity index is 659. The highest BCUT2D eigenvalue weighted by atomic mass is 79.9. The zero-order valence-corrected chi connectivity index (χ0v) is 13.4. The van der Waals surface area contributed by atoms with Crippen LogP contribution in [0.2, 0.25) is 0 Å². The van der Waals surface area contributed by atoms with Crippen LogP contribution in [0.1, 0.15) is 27.0 Å². The number of esters is 1. The first-order chi connectivity index (χ1) is 10.2. The van der Waals surface area contributed by atoms with Crippen LogP contribution in [0, 0.1) is 0 Å². The largest absolute Gasteiger partial charge is 0.465 e. The van der Waals surface area contributed by atoms with Crippen molar-refractivity contribution in [3.05, 3.63) is 69.2 Å². The molecule has 0 fully saturated rings. The fourth-order valence-corrected chi connectivity index (χ4v) is 3.18. The molecule has 0 saturated carbocycles. The lowest BCUT2D eigenvalue weighted by atomic mass is 10.1. The van der Waals surface area contributed by atoms with Gasteiger partial charge in [-0.15, -0.1) is 0 Å². The number of fused-ring (bicyclic) bond motifs is 1. The lowest BCUT2D eigenvalue weighted by molar-refractivity contribution is 0.0600. The summed E-state index contributed by atoms with van der Waals surface area (Å²) in [5, 5.41) is 0. The number of nitrogens with zero attached hydrogens (tertiary/aromatic N) is 1. The molecule has 0 radical (unpaired) electrons. The van der Waals surface area contributed by atoms with Gasteiger partial charge in [0.2, 0.25) is 0 Å². The highest BCUT2D eigenvalue weighted by Crippen LogP contribution is 2.27. The van der Waals surface area contributed by atoms with Gasteiger partial charge in [-0.05, 0) is 28.8 Å². The first kappa shape index (κ1) is 14.3. The standard InChI is InChI=1S/C17H16BrNO2/c1-21-17(20)12-6-7-15(16(18)8-12)11-19-9-13-4-2-3-5-14(13)10-19/h2-8H,9-11H2,1H3. The van der Waals surface area contributed by atoms with Crippen molar-refractivity contribution in [1.29, 1.82) is 0 Å². The summed E-state index contributed by atoms with van der Waals surface area (Å²) in [7, 11) is 1.39. The van der Waals surface area contributed by atoms with Crippen molar-refractivity contribution in [1.82, 2.24) is 4.90 Å². The Hall–Kier alpha value is -1.65. The number of carbonyl (C=O) groups excluding carboxylic acids is 1. The van der Waals surface area contributed by atoms with Crippen molar-refractivity contribution in [3.8, 4) is 0 Å². The molecular weight excluding hydrogens is 330 g/mol. The summed E-state index contributed by atoms with van der Waals surface area (Å²) in [6.07, 6.45) is 0. The van der Waals surface area contributed by atoms with Gasteiger partial charge in [-0.2, -0.15) is 0 Å². The number of hydrogen-bond donors (Lipinski definition) is 0. The van der Waals surface area contributed by atoms with Gasteiger partial charge in [0, 0.05) is 24.1 Å². The molecule has 0 spiro atoms. The molecule has 2 aromatic rings. The summed E-state index contributed by atoms with van der Waals surface area (Å²) >= 11 is 3.55. The third-order valence-electron chi connectivity index (χ3n) is 3.77. The minimum Gasteiger partial charge on any atom is -0.465 e. The molecule has 0 atom stereocenters. The van der Waals surface area contributed by atoms with Crippen molar-refractivity contribution in [2.45, 2.75) is 19.6 Å². The molecular formula is C17H16BrNO2. The maximum atomic E-state index is 11.5. The molecule has 0 amide bonds. The van der Waals surface area contributed by atoms with Crippen LogP contribution in [-0.2, 0) is 24.4 Å². The maximum absolute atomic E-state index is 11.5. The molecule has 0 aromatic heterocycles. The lowest BCUT2D eigenvalue weighted by Crippen LogP contribution is -2.16. The van der Waals surface area contributed by atoms with E-state index in [4.69, 9.17) is 4.74 Å². The van der Waals surface area contributed by atoms with Gasteiger partial charge >= 0.3 is 5.97 Å². The van der Waals surface area contributed by atoms with Crippen LogP contribution in [0.3, 0.4) is 0 Å². The van der Waals surface area contributed by atoms with E-state index in [9.17, 15) is 4.79 Å². The Labute approximate surface area is 132 Å². The van der Waals surface area contributed by atoms with Crippen LogP contribution in [-0.4, -0.2) is 18.0 Å². The zero-order chi connectivity index (χ0) is 14.8. The number of halogens is 1. The first-order valence-electron chi connectivity index (χ1n) is 6.83. The summed E-state index contributed by atoms with van der Waals surface area (Å²) in [6.45, 7) is 2.81. The van der Waals surface area contributed by atoms with Gasteiger partial charge in [0.1, 0.15) is 0 Å². The van der Waals surface area contributed by atoms with E-state index in [1.54, 1.807) is 0 Å². The average Bonchev–Trinajstić information content (AvgIpc) is 2.90. The highest BCUT2D eigenvalue weighted by molar-refractivity contribution is 9.10. The Kier molecular flexibility index (Phi) is 4.08. The Morgan fingerprint density at radius 3 is 2.43 bits per heavy atom. The second kappa shape index (κ2) is 6.00. The van der Waals surface area contributed by atoms with Gasteiger partial charge < -0.3 is 4.74 Å². The molecule has 3 nitrogen and oxygen atoms in total. The number of benzene rings is 2. The second-order valence-electron chi connectivity index (χ2n) is 5.21. The molecule has 0 N–H and O–H groups in total. The van der Waals surface area contributed by atoms with E-state index in [0.717, 1.165) is 24.1 Å². The minimum atomic E-state index is -0.309. The summed E-state index contributed by atoms with van der Waals surface area (Å²) < 4.78 is 5.68. The van der Waals surface area contributed by atoms with Gasteiger partial charge in [0.25, 0.3) is 0 Å². The normalized spacial score (nSPS) is 14.0. The molecule has 108 valence electrons. The van der Waals surface area contributed by atoms with Crippen molar-refractivity contribution in [2.24, 2.45) is 0 Å². The van der Waals surface area contributed by atoms with E-state index in [1.165, 1.54) is 23.8 Å². The smallest absolute Gasteiger partial charge is 0.337 e. The van der Waals surface area contributed by atoms with Gasteiger partial charge in [-0.25, -0.2) is 4.79 Å². The van der Waals surface area contributed by atoms with E-state index in [-0.39, 0.29) is 5.97 Å². The molecule has 0 aliphatic carbocycles. The van der Waals surface area contributed by atoms with Crippen molar-refractivity contribution in [3.63, 3.8) is 0 Å². The molecule has 0 saturated heterocycles. The first-order valence-corrected chi connectivity index (χ1v) is 7.62. The van der Waals surface area contributed by atoms with E-state index >= 15 is 0 Å². The van der Waals surface area contributed by atoms with Crippen LogP contribution in [0.5, 0.6) is 0 Å². The topological polar surface area (TPSA) is 29.5 Å². The molecule has 21 heavy (non-hydrogen) atoms. The highest BCUT2D eigenvalue weighted by Gasteiger charge is 2.19. The Balaban J connectivity index is 1.74. The Morgan fingerprint density at radius 2 is 1.86 bits per heavy atom. The number of carbonyl (C=O) groups is 1.